The van der Waals surface area contributed by atoms with Gasteiger partial charge in [0.1, 0.15) is 5.82 Å². The molecule has 27 heavy (non-hydrogen) atoms. The summed E-state index contributed by atoms with van der Waals surface area (Å²) in [5, 5.41) is 6.11. The average Bonchev–Trinajstić information content (AvgIpc) is 2.67. The van der Waals surface area contributed by atoms with Gasteiger partial charge in [0.2, 0.25) is 5.91 Å². The van der Waals surface area contributed by atoms with E-state index in [0.717, 1.165) is 23.2 Å². The van der Waals surface area contributed by atoms with Gasteiger partial charge in [-0.25, -0.2) is 4.98 Å². The molecular formula is C22H23N4O. The molecule has 5 nitrogen and oxygen atoms in total. The number of rotatable bonds is 7. The second kappa shape index (κ2) is 8.96. The van der Waals surface area contributed by atoms with Gasteiger partial charge in [0, 0.05) is 43.0 Å². The summed E-state index contributed by atoms with van der Waals surface area (Å²) in [6.45, 7) is 2.10. The Labute approximate surface area is 159 Å². The maximum Gasteiger partial charge on any atom is 0.222 e. The monoisotopic (exact) mass is 359 g/mol. The highest BCUT2D eigenvalue weighted by Crippen LogP contribution is 2.28. The Bertz CT molecular complexity index is 896. The molecule has 0 aliphatic rings. The molecule has 1 heterocycles. The summed E-state index contributed by atoms with van der Waals surface area (Å²) in [4.78, 5) is 15.4. The number of nitrogens with one attached hydrogen (secondary N) is 2. The fourth-order valence-corrected chi connectivity index (χ4v) is 2.88. The number of carbonyl (C=O) groups excluding carboxylic acids is 1. The summed E-state index contributed by atoms with van der Waals surface area (Å²) in [6, 6.07) is 23.2. The lowest BCUT2D eigenvalue weighted by Gasteiger charge is -2.16. The maximum atomic E-state index is 11.3. The van der Waals surface area contributed by atoms with Gasteiger partial charge in [-0.1, -0.05) is 48.5 Å². The van der Waals surface area contributed by atoms with E-state index in [1.165, 1.54) is 12.5 Å². The van der Waals surface area contributed by atoms with Crippen molar-refractivity contribution in [2.75, 3.05) is 17.2 Å². The molecule has 0 saturated heterocycles. The zero-order valence-electron chi connectivity index (χ0n) is 15.3. The van der Waals surface area contributed by atoms with Gasteiger partial charge < -0.3 is 16.4 Å². The molecule has 0 fully saturated rings. The minimum absolute atomic E-state index is 0.00295. The van der Waals surface area contributed by atoms with Gasteiger partial charge >= 0.3 is 0 Å². The predicted molar refractivity (Wildman–Crippen MR) is 109 cm³/mol. The lowest BCUT2D eigenvalue weighted by atomic mass is 10.0. The molecule has 0 aliphatic heterocycles. The van der Waals surface area contributed by atoms with Crippen LogP contribution >= 0.6 is 0 Å². The number of aromatic nitrogens is 1. The fourth-order valence-electron chi connectivity index (χ4n) is 2.88. The number of anilines is 2. The smallest absolute Gasteiger partial charge is 0.222 e. The predicted octanol–water partition coefficient (Wildman–Crippen LogP) is 3.49. The summed E-state index contributed by atoms with van der Waals surface area (Å²) in [5.74, 6) is 0.241. The number of carbonyl (C=O) groups is 1. The third-order valence-corrected chi connectivity index (χ3v) is 4.10. The minimum atomic E-state index is -0.172. The molecule has 137 valence electrons. The minimum Gasteiger partial charge on any atom is -0.383 e. The third-order valence-electron chi connectivity index (χ3n) is 4.10. The number of nitrogens with two attached hydrogens (primary N) is 1. The van der Waals surface area contributed by atoms with E-state index in [9.17, 15) is 4.79 Å². The first-order valence-electron chi connectivity index (χ1n) is 8.90. The summed E-state index contributed by atoms with van der Waals surface area (Å²) >= 11 is 0. The van der Waals surface area contributed by atoms with Crippen molar-refractivity contribution >= 4 is 17.4 Å². The van der Waals surface area contributed by atoms with Crippen molar-refractivity contribution < 1.29 is 4.79 Å². The number of para-hydroxylation sites is 1. The normalized spacial score (nSPS) is 11.6. The molecule has 0 bridgehead atoms. The molecule has 0 saturated carbocycles. The van der Waals surface area contributed by atoms with Crippen LogP contribution in [0, 0.1) is 6.07 Å². The van der Waals surface area contributed by atoms with Gasteiger partial charge in [-0.3, -0.25) is 4.79 Å². The fraction of sp³-hybridized carbons (Fsp3) is 0.182. The van der Waals surface area contributed by atoms with Crippen LogP contribution < -0.4 is 16.4 Å². The van der Waals surface area contributed by atoms with Crippen molar-refractivity contribution in [2.24, 2.45) is 5.73 Å². The van der Waals surface area contributed by atoms with Crippen molar-refractivity contribution in [3.63, 3.8) is 0 Å². The molecule has 0 unspecified atom stereocenters. The highest BCUT2D eigenvalue weighted by atomic mass is 16.1. The lowest BCUT2D eigenvalue weighted by Crippen LogP contribution is -2.31. The largest absolute Gasteiger partial charge is 0.383 e. The molecule has 1 radical (unpaired) electrons. The first kappa shape index (κ1) is 18.6. The van der Waals surface area contributed by atoms with Crippen molar-refractivity contribution in [1.82, 2.24) is 4.98 Å². The average molecular weight is 359 g/mol. The Balaban J connectivity index is 1.71. The van der Waals surface area contributed by atoms with Gasteiger partial charge in [0.25, 0.3) is 0 Å². The summed E-state index contributed by atoms with van der Waals surface area (Å²) in [6.07, 6.45) is 2.47. The maximum absolute atomic E-state index is 11.3. The van der Waals surface area contributed by atoms with Crippen LogP contribution in [0.1, 0.15) is 12.5 Å². The van der Waals surface area contributed by atoms with Gasteiger partial charge in [0.15, 0.2) is 0 Å². The van der Waals surface area contributed by atoms with Gasteiger partial charge in [-0.05, 0) is 29.7 Å². The molecule has 5 heteroatoms. The van der Waals surface area contributed by atoms with Crippen LogP contribution in [0.15, 0.2) is 66.9 Å². The van der Waals surface area contributed by atoms with Crippen molar-refractivity contribution in [2.45, 2.75) is 19.4 Å². The van der Waals surface area contributed by atoms with Crippen LogP contribution in [0.2, 0.25) is 0 Å². The van der Waals surface area contributed by atoms with E-state index in [1.807, 2.05) is 48.5 Å². The van der Waals surface area contributed by atoms with Crippen molar-refractivity contribution in [3.8, 4) is 11.1 Å². The highest BCUT2D eigenvalue weighted by molar-refractivity contribution is 5.88. The number of pyridine rings is 1. The molecule has 1 aromatic heterocycles. The van der Waals surface area contributed by atoms with Gasteiger partial charge in [-0.15, -0.1) is 0 Å². The SMILES string of the molecule is CC(=O)Nc1[c]c(-c2ccccc2NC[C@@H](N)Cc2ccccc2)ccn1. The van der Waals surface area contributed by atoms with Crippen molar-refractivity contribution in [3.05, 3.63) is 78.5 Å². The Morgan fingerprint density at radius 2 is 1.85 bits per heavy atom. The van der Waals surface area contributed by atoms with Crippen LogP contribution in [0.25, 0.3) is 11.1 Å². The van der Waals surface area contributed by atoms with E-state index in [1.54, 1.807) is 6.20 Å². The number of nitrogens with zero attached hydrogens (tertiary/aromatic N) is 1. The highest BCUT2D eigenvalue weighted by Gasteiger charge is 2.09. The molecule has 3 aromatic rings. The number of hydrogen-bond acceptors (Lipinski definition) is 4. The molecule has 1 amide bonds. The van der Waals surface area contributed by atoms with E-state index < -0.39 is 0 Å². The standard InChI is InChI=1S/C22H23N4O/c1-16(27)26-22-14-18(11-12-24-22)20-9-5-6-10-21(20)25-15-19(23)13-17-7-3-2-4-8-17/h2-12,19,25H,13,15,23H2,1H3,(H,24,26,27)/t19-/m0/s1. The number of amides is 1. The first-order chi connectivity index (χ1) is 13.1. The molecular weight excluding hydrogens is 336 g/mol. The summed E-state index contributed by atoms with van der Waals surface area (Å²) in [5.41, 5.74) is 10.3. The summed E-state index contributed by atoms with van der Waals surface area (Å²) in [7, 11) is 0. The van der Waals surface area contributed by atoms with E-state index >= 15 is 0 Å². The zero-order chi connectivity index (χ0) is 19.1. The van der Waals surface area contributed by atoms with Crippen LogP contribution in [0.5, 0.6) is 0 Å². The van der Waals surface area contributed by atoms with Crippen LogP contribution in [-0.4, -0.2) is 23.5 Å². The van der Waals surface area contributed by atoms with E-state index in [4.69, 9.17) is 5.73 Å². The van der Waals surface area contributed by atoms with Crippen LogP contribution in [0.4, 0.5) is 11.5 Å². The second-order valence-electron chi connectivity index (χ2n) is 6.39. The van der Waals surface area contributed by atoms with E-state index in [0.29, 0.717) is 12.4 Å². The van der Waals surface area contributed by atoms with Gasteiger partial charge in [-0.2, -0.15) is 0 Å². The number of hydrogen-bond donors (Lipinski definition) is 3. The van der Waals surface area contributed by atoms with Crippen LogP contribution in [-0.2, 0) is 11.2 Å². The molecule has 4 N–H and O–H groups in total. The summed E-state index contributed by atoms with van der Waals surface area (Å²) < 4.78 is 0. The lowest BCUT2D eigenvalue weighted by molar-refractivity contribution is -0.114. The Kier molecular flexibility index (Phi) is 6.18. The molecule has 1 atom stereocenters. The Morgan fingerprint density at radius 1 is 1.11 bits per heavy atom. The van der Waals surface area contributed by atoms with E-state index in [2.05, 4.69) is 33.8 Å². The quantitative estimate of drug-likeness (QED) is 0.603. The van der Waals surface area contributed by atoms with Gasteiger partial charge in [0.05, 0.1) is 0 Å². The second-order valence-corrected chi connectivity index (χ2v) is 6.39. The van der Waals surface area contributed by atoms with E-state index in [-0.39, 0.29) is 11.9 Å². The first-order valence-corrected chi connectivity index (χ1v) is 8.90. The zero-order valence-corrected chi connectivity index (χ0v) is 15.3. The molecule has 3 rings (SSSR count). The van der Waals surface area contributed by atoms with Crippen LogP contribution in [0.3, 0.4) is 0 Å². The number of benzene rings is 2. The van der Waals surface area contributed by atoms with Crippen molar-refractivity contribution in [1.29, 1.82) is 0 Å². The molecule has 0 spiro atoms. The topological polar surface area (TPSA) is 80.0 Å². The molecule has 2 aromatic carbocycles. The Hall–Kier alpha value is -3.18. The molecule has 0 aliphatic carbocycles. The Morgan fingerprint density at radius 3 is 2.63 bits per heavy atom. The third kappa shape index (κ3) is 5.39.